The van der Waals surface area contributed by atoms with Crippen molar-refractivity contribution < 1.29 is 19.1 Å². The molecule has 2 heterocycles. The van der Waals surface area contributed by atoms with E-state index in [0.717, 1.165) is 10.4 Å². The largest absolute Gasteiger partial charge is 0.485 e. The fourth-order valence-corrected chi connectivity index (χ4v) is 4.93. The smallest absolute Gasteiger partial charge is 0.341 e. The number of thiophene rings is 1. The number of hydrogen-bond donors (Lipinski definition) is 1. The number of aryl methyl sites for hydroxylation is 2. The normalized spacial score (nSPS) is 10.7. The zero-order valence-corrected chi connectivity index (χ0v) is 21.5. The molecule has 2 aromatic heterocycles. The van der Waals surface area contributed by atoms with E-state index < -0.39 is 5.97 Å². The number of carbonyl (C=O) groups excluding carboxylic acids is 2. The van der Waals surface area contributed by atoms with Crippen molar-refractivity contribution in [3.05, 3.63) is 63.8 Å². The lowest BCUT2D eigenvalue weighted by Gasteiger charge is -2.11. The first-order valence-corrected chi connectivity index (χ1v) is 12.6. The number of carbonyl (C=O) groups is 2. The van der Waals surface area contributed by atoms with E-state index in [-0.39, 0.29) is 24.9 Å². The van der Waals surface area contributed by atoms with E-state index in [1.165, 1.54) is 23.1 Å². The number of allylic oxidation sites excluding steroid dienone is 1. The molecule has 0 aliphatic carbocycles. The maximum absolute atomic E-state index is 12.6. The van der Waals surface area contributed by atoms with E-state index in [9.17, 15) is 9.59 Å². The molecular weight excluding hydrogens is 496 g/mol. The minimum Gasteiger partial charge on any atom is -0.485 e. The summed E-state index contributed by atoms with van der Waals surface area (Å²) in [7, 11) is 0. The van der Waals surface area contributed by atoms with Gasteiger partial charge in [-0.25, -0.2) is 4.79 Å². The molecule has 11 heteroatoms. The van der Waals surface area contributed by atoms with Crippen LogP contribution in [-0.2, 0) is 22.7 Å². The van der Waals surface area contributed by atoms with Gasteiger partial charge in [-0.05, 0) is 50.6 Å². The lowest BCUT2D eigenvalue weighted by molar-refractivity contribution is -0.113. The molecule has 0 saturated carbocycles. The van der Waals surface area contributed by atoms with Crippen LogP contribution >= 0.6 is 34.7 Å². The summed E-state index contributed by atoms with van der Waals surface area (Å²) in [5.74, 6) is 0.678. The van der Waals surface area contributed by atoms with Gasteiger partial charge in [-0.2, -0.15) is 0 Å². The average Bonchev–Trinajstić information content (AvgIpc) is 3.35. The molecular formula is C23H25ClN4O4S2. The van der Waals surface area contributed by atoms with Crippen molar-refractivity contribution in [3.8, 4) is 5.75 Å². The standard InChI is InChI=1S/C23H25ClN4O4S2/c1-5-9-28-19(12-32-18-8-7-16(24)10-14(18)3)26-27-23(28)33-13-20(29)25-21-17(11-15(4)34-21)22(30)31-6-2/h5,7-8,10-11H,1,6,9,12-13H2,2-4H3,(H,25,29). The van der Waals surface area contributed by atoms with Gasteiger partial charge in [0, 0.05) is 16.4 Å². The van der Waals surface area contributed by atoms with Crippen molar-refractivity contribution in [1.29, 1.82) is 0 Å². The number of esters is 1. The van der Waals surface area contributed by atoms with Gasteiger partial charge >= 0.3 is 5.97 Å². The number of anilines is 1. The predicted molar refractivity (Wildman–Crippen MR) is 135 cm³/mol. The summed E-state index contributed by atoms with van der Waals surface area (Å²) in [6.45, 7) is 10.2. The highest BCUT2D eigenvalue weighted by molar-refractivity contribution is 7.99. The van der Waals surface area contributed by atoms with Gasteiger partial charge in [0.15, 0.2) is 11.0 Å². The summed E-state index contributed by atoms with van der Waals surface area (Å²) in [6, 6.07) is 7.11. The second-order valence-corrected chi connectivity index (χ2v) is 9.79. The van der Waals surface area contributed by atoms with Crippen molar-refractivity contribution in [3.63, 3.8) is 0 Å². The van der Waals surface area contributed by atoms with Crippen LogP contribution in [-0.4, -0.2) is 39.0 Å². The Morgan fingerprint density at radius 2 is 2.09 bits per heavy atom. The van der Waals surface area contributed by atoms with Crippen LogP contribution in [0.25, 0.3) is 0 Å². The van der Waals surface area contributed by atoms with Gasteiger partial charge in [-0.15, -0.1) is 28.1 Å². The number of amides is 1. The number of hydrogen-bond acceptors (Lipinski definition) is 8. The summed E-state index contributed by atoms with van der Waals surface area (Å²) in [5.41, 5.74) is 1.27. The SMILES string of the molecule is C=CCn1c(COc2ccc(Cl)cc2C)nnc1SCC(=O)Nc1sc(C)cc1C(=O)OCC. The third-order valence-corrected chi connectivity index (χ3v) is 6.70. The van der Waals surface area contributed by atoms with Crippen LogP contribution < -0.4 is 10.1 Å². The maximum atomic E-state index is 12.6. The van der Waals surface area contributed by atoms with E-state index in [1.54, 1.807) is 25.1 Å². The van der Waals surface area contributed by atoms with Crippen molar-refractivity contribution in [2.75, 3.05) is 17.7 Å². The van der Waals surface area contributed by atoms with Crippen LogP contribution in [0.1, 0.15) is 33.5 Å². The second-order valence-electron chi connectivity index (χ2n) is 7.15. The predicted octanol–water partition coefficient (Wildman–Crippen LogP) is 5.28. The first kappa shape index (κ1) is 25.8. The van der Waals surface area contributed by atoms with Gasteiger partial charge < -0.3 is 14.8 Å². The molecule has 0 fully saturated rings. The molecule has 0 aliphatic rings. The molecule has 0 saturated heterocycles. The monoisotopic (exact) mass is 520 g/mol. The van der Waals surface area contributed by atoms with Crippen LogP contribution in [0.2, 0.25) is 5.02 Å². The number of nitrogens with one attached hydrogen (secondary N) is 1. The summed E-state index contributed by atoms with van der Waals surface area (Å²) in [4.78, 5) is 25.6. The molecule has 180 valence electrons. The highest BCUT2D eigenvalue weighted by atomic mass is 35.5. The van der Waals surface area contributed by atoms with E-state index >= 15 is 0 Å². The molecule has 1 aromatic carbocycles. The van der Waals surface area contributed by atoms with Gasteiger partial charge in [0.05, 0.1) is 17.9 Å². The van der Waals surface area contributed by atoms with E-state index in [1.807, 2.05) is 30.5 Å². The number of nitrogens with zero attached hydrogens (tertiary/aromatic N) is 3. The summed E-state index contributed by atoms with van der Waals surface area (Å²) in [5, 5.41) is 12.9. The first-order chi connectivity index (χ1) is 16.3. The van der Waals surface area contributed by atoms with Crippen LogP contribution in [0.15, 0.2) is 42.1 Å². The van der Waals surface area contributed by atoms with Gasteiger partial charge in [0.25, 0.3) is 0 Å². The molecule has 3 aromatic rings. The van der Waals surface area contributed by atoms with Crippen LogP contribution in [0, 0.1) is 13.8 Å². The highest BCUT2D eigenvalue weighted by Gasteiger charge is 2.19. The minimum atomic E-state index is -0.457. The van der Waals surface area contributed by atoms with E-state index in [2.05, 4.69) is 22.1 Å². The van der Waals surface area contributed by atoms with Gasteiger partial charge in [-0.1, -0.05) is 29.4 Å². The molecule has 0 spiro atoms. The maximum Gasteiger partial charge on any atom is 0.341 e. The minimum absolute atomic E-state index is 0.0889. The molecule has 0 unspecified atom stereocenters. The molecule has 0 bridgehead atoms. The molecule has 0 radical (unpaired) electrons. The van der Waals surface area contributed by atoms with Crippen molar-refractivity contribution in [1.82, 2.24) is 14.8 Å². The van der Waals surface area contributed by atoms with E-state index in [0.29, 0.717) is 38.9 Å². The van der Waals surface area contributed by atoms with Crippen molar-refractivity contribution in [2.24, 2.45) is 0 Å². The van der Waals surface area contributed by atoms with E-state index in [4.69, 9.17) is 21.1 Å². The van der Waals surface area contributed by atoms with Crippen LogP contribution in [0.4, 0.5) is 5.00 Å². The molecule has 3 rings (SSSR count). The Bertz CT molecular complexity index is 1190. The quantitative estimate of drug-likeness (QED) is 0.209. The number of halogens is 1. The Hall–Kier alpha value is -2.82. The summed E-state index contributed by atoms with van der Waals surface area (Å²) < 4.78 is 12.8. The Balaban J connectivity index is 1.64. The lowest BCUT2D eigenvalue weighted by atomic mass is 10.2. The average molecular weight is 521 g/mol. The lowest BCUT2D eigenvalue weighted by Crippen LogP contribution is -2.16. The summed E-state index contributed by atoms with van der Waals surface area (Å²) >= 11 is 8.57. The molecule has 1 N–H and O–H groups in total. The molecule has 8 nitrogen and oxygen atoms in total. The Morgan fingerprint density at radius 1 is 1.29 bits per heavy atom. The Morgan fingerprint density at radius 3 is 2.79 bits per heavy atom. The molecule has 0 atom stereocenters. The first-order valence-electron chi connectivity index (χ1n) is 10.4. The Labute approximate surface area is 211 Å². The molecule has 1 amide bonds. The zero-order chi connectivity index (χ0) is 24.7. The van der Waals surface area contributed by atoms with Crippen LogP contribution in [0.5, 0.6) is 5.75 Å². The molecule has 0 aliphatic heterocycles. The van der Waals surface area contributed by atoms with Gasteiger partial charge in [-0.3, -0.25) is 9.36 Å². The molecule has 34 heavy (non-hydrogen) atoms. The zero-order valence-electron chi connectivity index (χ0n) is 19.1. The number of benzene rings is 1. The number of ether oxygens (including phenoxy) is 2. The fourth-order valence-electron chi connectivity index (χ4n) is 3.02. The number of aromatic nitrogens is 3. The van der Waals surface area contributed by atoms with Gasteiger partial charge in [0.2, 0.25) is 5.91 Å². The van der Waals surface area contributed by atoms with Crippen molar-refractivity contribution >= 4 is 51.6 Å². The van der Waals surface area contributed by atoms with Crippen molar-refractivity contribution in [2.45, 2.75) is 39.1 Å². The topological polar surface area (TPSA) is 95.3 Å². The third kappa shape index (κ3) is 6.62. The third-order valence-electron chi connectivity index (χ3n) is 4.53. The Kier molecular flexibility index (Phi) is 9.14. The number of thioether (sulfide) groups is 1. The summed E-state index contributed by atoms with van der Waals surface area (Å²) in [6.07, 6.45) is 1.73. The van der Waals surface area contributed by atoms with Crippen LogP contribution in [0.3, 0.4) is 0 Å². The highest BCUT2D eigenvalue weighted by Crippen LogP contribution is 2.29. The fraction of sp³-hybridized carbons (Fsp3) is 0.304. The number of rotatable bonds is 11. The van der Waals surface area contributed by atoms with Gasteiger partial charge in [0.1, 0.15) is 17.4 Å². The second kappa shape index (κ2) is 12.0.